The van der Waals surface area contributed by atoms with E-state index in [0.29, 0.717) is 11.3 Å². The van der Waals surface area contributed by atoms with Gasteiger partial charge in [-0.25, -0.2) is 0 Å². The summed E-state index contributed by atoms with van der Waals surface area (Å²) in [5.74, 6) is -0.247. The highest BCUT2D eigenvalue weighted by atomic mass is 35.5. The Hall–Kier alpha value is -2.37. The van der Waals surface area contributed by atoms with Crippen molar-refractivity contribution >= 4 is 28.3 Å². The number of benzene rings is 2. The number of halogens is 1. The summed E-state index contributed by atoms with van der Waals surface area (Å²) in [6.45, 7) is 1.85. The van der Waals surface area contributed by atoms with Gasteiger partial charge in [0.2, 0.25) is 11.1 Å². The smallest absolute Gasteiger partial charge is 0.229 e. The molecule has 0 saturated carbocycles. The molecule has 2 aromatic carbocycles. The maximum Gasteiger partial charge on any atom is 0.229 e. The Balaban J connectivity index is 1.61. The first kappa shape index (κ1) is 16.5. The minimum atomic E-state index is -0.780. The van der Waals surface area contributed by atoms with Crippen molar-refractivity contribution < 1.29 is 14.4 Å². The number of carbonyl (C=O) groups excluding carboxylic acids is 1. The normalized spacial score (nSPS) is 12.3. The van der Waals surface area contributed by atoms with Gasteiger partial charge >= 0.3 is 0 Å². The highest BCUT2D eigenvalue weighted by Gasteiger charge is 2.16. The molecule has 1 unspecified atom stereocenters. The summed E-state index contributed by atoms with van der Waals surface area (Å²) in [5, 5.41) is 19.0. The lowest BCUT2D eigenvalue weighted by atomic mass is 10.0. The fourth-order valence-electron chi connectivity index (χ4n) is 2.52. The molecular formula is C18H17ClN2O3. The number of nitrogens with one attached hydrogen (secondary N) is 1. The van der Waals surface area contributed by atoms with Crippen LogP contribution >= 0.6 is 11.6 Å². The molecule has 6 heteroatoms. The summed E-state index contributed by atoms with van der Waals surface area (Å²) in [4.78, 5) is 12.0. The Morgan fingerprint density at radius 2 is 2.04 bits per heavy atom. The zero-order valence-electron chi connectivity index (χ0n) is 13.1. The maximum atomic E-state index is 12.0. The van der Waals surface area contributed by atoms with Gasteiger partial charge in [0.05, 0.1) is 18.2 Å². The zero-order valence-corrected chi connectivity index (χ0v) is 13.9. The molecule has 0 aliphatic carbocycles. The van der Waals surface area contributed by atoms with Crippen LogP contribution in [-0.4, -0.2) is 22.7 Å². The molecule has 0 saturated heterocycles. The van der Waals surface area contributed by atoms with E-state index < -0.39 is 6.10 Å². The molecule has 0 bridgehead atoms. The van der Waals surface area contributed by atoms with Gasteiger partial charge in [-0.15, -0.1) is 0 Å². The highest BCUT2D eigenvalue weighted by molar-refractivity contribution is 6.29. The Kier molecular flexibility index (Phi) is 4.83. The molecule has 0 spiro atoms. The second-order valence-electron chi connectivity index (χ2n) is 5.62. The first-order valence-corrected chi connectivity index (χ1v) is 7.96. The highest BCUT2D eigenvalue weighted by Crippen LogP contribution is 2.21. The van der Waals surface area contributed by atoms with Crippen LogP contribution in [0.15, 0.2) is 47.0 Å². The van der Waals surface area contributed by atoms with Gasteiger partial charge in [-0.1, -0.05) is 41.6 Å². The largest absolute Gasteiger partial charge is 0.387 e. The van der Waals surface area contributed by atoms with Crippen molar-refractivity contribution in [1.82, 2.24) is 10.5 Å². The number of aryl methyl sites for hydroxylation is 1. The predicted molar refractivity (Wildman–Crippen MR) is 91.9 cm³/mol. The molecule has 1 atom stereocenters. The average Bonchev–Trinajstić information content (AvgIpc) is 2.91. The van der Waals surface area contributed by atoms with Crippen molar-refractivity contribution in [2.45, 2.75) is 19.4 Å². The van der Waals surface area contributed by atoms with Gasteiger partial charge in [0.15, 0.2) is 0 Å². The molecule has 5 nitrogen and oxygen atoms in total. The van der Waals surface area contributed by atoms with Crippen molar-refractivity contribution in [3.8, 4) is 0 Å². The first-order chi connectivity index (χ1) is 11.5. The molecule has 1 aromatic heterocycles. The minimum Gasteiger partial charge on any atom is -0.387 e. The van der Waals surface area contributed by atoms with Gasteiger partial charge in [-0.05, 0) is 40.9 Å². The molecule has 0 fully saturated rings. The van der Waals surface area contributed by atoms with E-state index in [9.17, 15) is 9.90 Å². The molecule has 0 radical (unpaired) electrons. The topological polar surface area (TPSA) is 75.4 Å². The molecule has 24 heavy (non-hydrogen) atoms. The Morgan fingerprint density at radius 3 is 2.75 bits per heavy atom. The number of carbonyl (C=O) groups is 1. The summed E-state index contributed by atoms with van der Waals surface area (Å²) in [6.07, 6.45) is -0.712. The lowest BCUT2D eigenvalue weighted by Gasteiger charge is -2.13. The van der Waals surface area contributed by atoms with Crippen LogP contribution in [0.3, 0.4) is 0 Å². The van der Waals surface area contributed by atoms with Gasteiger partial charge in [-0.3, -0.25) is 4.79 Å². The molecule has 3 rings (SSSR count). The molecular weight excluding hydrogens is 328 g/mol. The fourth-order valence-corrected chi connectivity index (χ4v) is 2.76. The zero-order chi connectivity index (χ0) is 17.1. The van der Waals surface area contributed by atoms with Crippen molar-refractivity contribution in [2.75, 3.05) is 6.54 Å². The second kappa shape index (κ2) is 7.03. The lowest BCUT2D eigenvalue weighted by Crippen LogP contribution is -2.29. The summed E-state index contributed by atoms with van der Waals surface area (Å²) >= 11 is 5.84. The Morgan fingerprint density at radius 1 is 1.29 bits per heavy atom. The van der Waals surface area contributed by atoms with Crippen molar-refractivity contribution in [2.24, 2.45) is 0 Å². The van der Waals surface area contributed by atoms with E-state index in [1.165, 1.54) is 0 Å². The molecule has 3 aromatic rings. The standard InChI is InChI=1S/C18H17ClN2O3/c1-11-15(18(19)24-21-11)9-17(23)20-10-16(22)14-7-6-12-4-2-3-5-13(12)8-14/h2-8,16,22H,9-10H2,1H3,(H,20,23). The van der Waals surface area contributed by atoms with Crippen LogP contribution in [0.4, 0.5) is 0 Å². The maximum absolute atomic E-state index is 12.0. The van der Waals surface area contributed by atoms with Crippen LogP contribution in [0.1, 0.15) is 22.9 Å². The van der Waals surface area contributed by atoms with E-state index in [1.807, 2.05) is 42.5 Å². The van der Waals surface area contributed by atoms with E-state index >= 15 is 0 Å². The number of rotatable bonds is 5. The quantitative estimate of drug-likeness (QED) is 0.745. The van der Waals surface area contributed by atoms with E-state index in [2.05, 4.69) is 10.5 Å². The number of hydrogen-bond donors (Lipinski definition) is 2. The molecule has 2 N–H and O–H groups in total. The third kappa shape index (κ3) is 3.58. The lowest BCUT2D eigenvalue weighted by molar-refractivity contribution is -0.120. The molecule has 0 aliphatic rings. The SMILES string of the molecule is Cc1noc(Cl)c1CC(=O)NCC(O)c1ccc2ccccc2c1. The summed E-state index contributed by atoms with van der Waals surface area (Å²) in [5.41, 5.74) is 1.91. The average molecular weight is 345 g/mol. The Labute approximate surface area is 144 Å². The van der Waals surface area contributed by atoms with E-state index in [-0.39, 0.29) is 24.1 Å². The summed E-state index contributed by atoms with van der Waals surface area (Å²) in [7, 11) is 0. The monoisotopic (exact) mass is 344 g/mol. The van der Waals surface area contributed by atoms with Crippen LogP contribution in [-0.2, 0) is 11.2 Å². The molecule has 124 valence electrons. The van der Waals surface area contributed by atoms with Gasteiger partial charge in [-0.2, -0.15) is 0 Å². The van der Waals surface area contributed by atoms with Crippen molar-refractivity contribution in [3.63, 3.8) is 0 Å². The predicted octanol–water partition coefficient (Wildman–Crippen LogP) is 3.18. The van der Waals surface area contributed by atoms with Gasteiger partial charge < -0.3 is 14.9 Å². The number of amides is 1. The van der Waals surface area contributed by atoms with Crippen LogP contribution in [0, 0.1) is 6.92 Å². The van der Waals surface area contributed by atoms with Crippen LogP contribution < -0.4 is 5.32 Å². The third-order valence-electron chi connectivity index (χ3n) is 3.92. The second-order valence-corrected chi connectivity index (χ2v) is 5.97. The van der Waals surface area contributed by atoms with Crippen LogP contribution in [0.5, 0.6) is 0 Å². The van der Waals surface area contributed by atoms with Gasteiger partial charge in [0.1, 0.15) is 0 Å². The van der Waals surface area contributed by atoms with E-state index in [1.54, 1.807) is 6.92 Å². The number of aliphatic hydroxyl groups is 1. The number of nitrogens with zero attached hydrogens (tertiary/aromatic N) is 1. The molecule has 0 aliphatic heterocycles. The minimum absolute atomic E-state index is 0.0681. The van der Waals surface area contributed by atoms with E-state index in [0.717, 1.165) is 16.3 Å². The first-order valence-electron chi connectivity index (χ1n) is 7.58. The third-order valence-corrected chi connectivity index (χ3v) is 4.22. The Bertz CT molecular complexity index is 856. The van der Waals surface area contributed by atoms with Crippen LogP contribution in [0.25, 0.3) is 10.8 Å². The van der Waals surface area contributed by atoms with Gasteiger partial charge in [0.25, 0.3) is 0 Å². The van der Waals surface area contributed by atoms with Crippen LogP contribution in [0.2, 0.25) is 5.22 Å². The number of aliphatic hydroxyl groups excluding tert-OH is 1. The van der Waals surface area contributed by atoms with Crippen molar-refractivity contribution in [3.05, 3.63) is 64.5 Å². The summed E-state index contributed by atoms with van der Waals surface area (Å²) < 4.78 is 4.82. The van der Waals surface area contributed by atoms with E-state index in [4.69, 9.17) is 16.1 Å². The van der Waals surface area contributed by atoms with Crippen molar-refractivity contribution in [1.29, 1.82) is 0 Å². The molecule has 1 amide bonds. The summed E-state index contributed by atoms with van der Waals surface area (Å²) in [6, 6.07) is 13.7. The number of hydrogen-bond acceptors (Lipinski definition) is 4. The fraction of sp³-hybridized carbons (Fsp3) is 0.222. The molecule has 1 heterocycles. The van der Waals surface area contributed by atoms with Gasteiger partial charge in [0, 0.05) is 12.1 Å². The number of fused-ring (bicyclic) bond motifs is 1. The number of aromatic nitrogens is 1.